The Labute approximate surface area is 119 Å². The molecule has 0 unspecified atom stereocenters. The SMILES string of the molecule is N#CCOc1ccc(NC(=O)c2c(F)cccc2F)cc1. The number of halogens is 2. The molecule has 21 heavy (non-hydrogen) atoms. The number of hydrogen-bond donors (Lipinski definition) is 1. The first kappa shape index (κ1) is 14.5. The monoisotopic (exact) mass is 288 g/mol. The fourth-order valence-corrected chi connectivity index (χ4v) is 1.66. The average Bonchev–Trinajstić information content (AvgIpc) is 2.46. The van der Waals surface area contributed by atoms with Crippen LogP contribution in [0.15, 0.2) is 42.5 Å². The number of hydrogen-bond acceptors (Lipinski definition) is 3. The molecule has 0 bridgehead atoms. The van der Waals surface area contributed by atoms with Crippen LogP contribution < -0.4 is 10.1 Å². The molecule has 4 nitrogen and oxygen atoms in total. The van der Waals surface area contributed by atoms with Gasteiger partial charge in [-0.15, -0.1) is 0 Å². The Balaban J connectivity index is 2.11. The molecule has 1 amide bonds. The number of carbonyl (C=O) groups is 1. The van der Waals surface area contributed by atoms with E-state index in [2.05, 4.69) is 5.32 Å². The van der Waals surface area contributed by atoms with Gasteiger partial charge in [-0.1, -0.05) is 6.07 Å². The smallest absolute Gasteiger partial charge is 0.261 e. The Kier molecular flexibility index (Phi) is 4.46. The summed E-state index contributed by atoms with van der Waals surface area (Å²) in [7, 11) is 0. The van der Waals surface area contributed by atoms with Gasteiger partial charge >= 0.3 is 0 Å². The first-order valence-corrected chi connectivity index (χ1v) is 5.97. The van der Waals surface area contributed by atoms with Crippen LogP contribution >= 0.6 is 0 Å². The summed E-state index contributed by atoms with van der Waals surface area (Å²) >= 11 is 0. The zero-order chi connectivity index (χ0) is 15.2. The van der Waals surface area contributed by atoms with Crippen LogP contribution in [-0.2, 0) is 0 Å². The number of amides is 1. The van der Waals surface area contributed by atoms with Crippen molar-refractivity contribution in [3.8, 4) is 11.8 Å². The number of benzene rings is 2. The van der Waals surface area contributed by atoms with Gasteiger partial charge in [0.1, 0.15) is 29.0 Å². The van der Waals surface area contributed by atoms with Gasteiger partial charge in [0.05, 0.1) is 0 Å². The van der Waals surface area contributed by atoms with Crippen molar-refractivity contribution in [2.75, 3.05) is 11.9 Å². The minimum Gasteiger partial charge on any atom is -0.479 e. The fraction of sp³-hybridized carbons (Fsp3) is 0.0667. The van der Waals surface area contributed by atoms with E-state index in [0.717, 1.165) is 12.1 Å². The minimum absolute atomic E-state index is 0.0911. The highest BCUT2D eigenvalue weighted by molar-refractivity contribution is 6.04. The third kappa shape index (κ3) is 3.54. The fourth-order valence-electron chi connectivity index (χ4n) is 1.66. The Morgan fingerprint density at radius 3 is 2.33 bits per heavy atom. The standard InChI is InChI=1S/C15H10F2N2O2/c16-12-2-1-3-13(17)14(12)15(20)19-10-4-6-11(7-5-10)21-9-8-18/h1-7H,9H2,(H,19,20). The van der Waals surface area contributed by atoms with Crippen LogP contribution in [0, 0.1) is 23.0 Å². The maximum atomic E-state index is 13.5. The van der Waals surface area contributed by atoms with Gasteiger partial charge in [-0.25, -0.2) is 8.78 Å². The van der Waals surface area contributed by atoms with Crippen molar-refractivity contribution in [1.82, 2.24) is 0 Å². The molecule has 2 aromatic rings. The van der Waals surface area contributed by atoms with E-state index < -0.39 is 23.1 Å². The Hall–Kier alpha value is -2.94. The van der Waals surface area contributed by atoms with Crippen LogP contribution in [-0.4, -0.2) is 12.5 Å². The second-order valence-corrected chi connectivity index (χ2v) is 4.02. The summed E-state index contributed by atoms with van der Waals surface area (Å²) in [5.74, 6) is -2.29. The molecule has 0 aliphatic rings. The topological polar surface area (TPSA) is 62.1 Å². The van der Waals surface area contributed by atoms with E-state index >= 15 is 0 Å². The van der Waals surface area contributed by atoms with Crippen molar-refractivity contribution in [2.24, 2.45) is 0 Å². The van der Waals surface area contributed by atoms with Crippen molar-refractivity contribution < 1.29 is 18.3 Å². The lowest BCUT2D eigenvalue weighted by Gasteiger charge is -2.08. The number of rotatable bonds is 4. The highest BCUT2D eigenvalue weighted by Gasteiger charge is 2.16. The van der Waals surface area contributed by atoms with Gasteiger partial charge in [-0.05, 0) is 36.4 Å². The Bertz CT molecular complexity index is 674. The molecule has 0 aromatic heterocycles. The summed E-state index contributed by atoms with van der Waals surface area (Å²) < 4.78 is 32.0. The molecule has 0 fully saturated rings. The van der Waals surface area contributed by atoms with Crippen LogP contribution in [0.3, 0.4) is 0 Å². The van der Waals surface area contributed by atoms with Crippen LogP contribution in [0.4, 0.5) is 14.5 Å². The molecule has 0 aliphatic heterocycles. The quantitative estimate of drug-likeness (QED) is 0.940. The second kappa shape index (κ2) is 6.48. The number of ether oxygens (including phenoxy) is 1. The van der Waals surface area contributed by atoms with E-state index in [0.29, 0.717) is 11.4 Å². The van der Waals surface area contributed by atoms with Crippen molar-refractivity contribution in [3.63, 3.8) is 0 Å². The summed E-state index contributed by atoms with van der Waals surface area (Å²) in [4.78, 5) is 11.8. The van der Waals surface area contributed by atoms with Crippen molar-refractivity contribution in [2.45, 2.75) is 0 Å². The molecule has 0 saturated carbocycles. The van der Waals surface area contributed by atoms with Gasteiger partial charge < -0.3 is 10.1 Å². The zero-order valence-electron chi connectivity index (χ0n) is 10.8. The maximum Gasteiger partial charge on any atom is 0.261 e. The molecule has 0 spiro atoms. The number of nitriles is 1. The van der Waals surface area contributed by atoms with Gasteiger partial charge in [-0.3, -0.25) is 4.79 Å². The lowest BCUT2D eigenvalue weighted by atomic mass is 10.2. The Morgan fingerprint density at radius 1 is 1.14 bits per heavy atom. The number of carbonyl (C=O) groups excluding carboxylic acids is 1. The minimum atomic E-state index is -0.929. The van der Waals surface area contributed by atoms with Crippen LogP contribution in [0.25, 0.3) is 0 Å². The molecule has 6 heteroatoms. The van der Waals surface area contributed by atoms with E-state index in [1.807, 2.05) is 6.07 Å². The molecule has 2 rings (SSSR count). The van der Waals surface area contributed by atoms with Gasteiger partial charge in [0.25, 0.3) is 5.91 Å². The van der Waals surface area contributed by atoms with E-state index in [1.165, 1.54) is 30.3 Å². The normalized spacial score (nSPS) is 9.76. The van der Waals surface area contributed by atoms with Gasteiger partial charge in [-0.2, -0.15) is 5.26 Å². The number of nitrogens with zero attached hydrogens (tertiary/aromatic N) is 1. The molecule has 0 aliphatic carbocycles. The van der Waals surface area contributed by atoms with E-state index in [9.17, 15) is 13.6 Å². The maximum absolute atomic E-state index is 13.5. The highest BCUT2D eigenvalue weighted by atomic mass is 19.1. The molecule has 106 valence electrons. The molecule has 0 radical (unpaired) electrons. The van der Waals surface area contributed by atoms with Gasteiger partial charge in [0.2, 0.25) is 0 Å². The molecule has 1 N–H and O–H groups in total. The van der Waals surface area contributed by atoms with Crippen molar-refractivity contribution in [3.05, 3.63) is 59.7 Å². The number of nitrogens with one attached hydrogen (secondary N) is 1. The molecule has 0 saturated heterocycles. The van der Waals surface area contributed by atoms with E-state index in [1.54, 1.807) is 0 Å². The predicted molar refractivity (Wildman–Crippen MR) is 71.9 cm³/mol. The largest absolute Gasteiger partial charge is 0.479 e. The second-order valence-electron chi connectivity index (χ2n) is 4.02. The lowest BCUT2D eigenvalue weighted by Crippen LogP contribution is -2.15. The third-order valence-corrected chi connectivity index (χ3v) is 2.61. The molecular formula is C15H10F2N2O2. The summed E-state index contributed by atoms with van der Waals surface area (Å²) in [6.45, 7) is -0.0911. The predicted octanol–water partition coefficient (Wildman–Crippen LogP) is 3.12. The van der Waals surface area contributed by atoms with Crippen molar-refractivity contribution >= 4 is 11.6 Å². The third-order valence-electron chi connectivity index (χ3n) is 2.61. The molecule has 0 heterocycles. The van der Waals surface area contributed by atoms with Crippen LogP contribution in [0.5, 0.6) is 5.75 Å². The molecular weight excluding hydrogens is 278 g/mol. The number of anilines is 1. The van der Waals surface area contributed by atoms with Crippen LogP contribution in [0.1, 0.15) is 10.4 Å². The van der Waals surface area contributed by atoms with Crippen LogP contribution in [0.2, 0.25) is 0 Å². The molecule has 0 atom stereocenters. The summed E-state index contributed by atoms with van der Waals surface area (Å²) in [5.41, 5.74) is -0.283. The van der Waals surface area contributed by atoms with Gasteiger partial charge in [0.15, 0.2) is 6.61 Å². The lowest BCUT2D eigenvalue weighted by molar-refractivity contribution is 0.101. The molecule has 2 aromatic carbocycles. The summed E-state index contributed by atoms with van der Waals surface area (Å²) in [5, 5.41) is 10.8. The Morgan fingerprint density at radius 2 is 1.76 bits per heavy atom. The van der Waals surface area contributed by atoms with Gasteiger partial charge in [0, 0.05) is 5.69 Å². The first-order chi connectivity index (χ1) is 10.1. The summed E-state index contributed by atoms with van der Waals surface area (Å²) in [6.07, 6.45) is 0. The first-order valence-electron chi connectivity index (χ1n) is 5.97. The zero-order valence-corrected chi connectivity index (χ0v) is 10.8. The van der Waals surface area contributed by atoms with E-state index in [4.69, 9.17) is 10.00 Å². The highest BCUT2D eigenvalue weighted by Crippen LogP contribution is 2.18. The van der Waals surface area contributed by atoms with Crippen molar-refractivity contribution in [1.29, 1.82) is 5.26 Å². The van der Waals surface area contributed by atoms with E-state index in [-0.39, 0.29) is 6.61 Å². The summed E-state index contributed by atoms with van der Waals surface area (Å²) in [6, 6.07) is 11.1. The average molecular weight is 288 g/mol.